The summed E-state index contributed by atoms with van der Waals surface area (Å²) in [4.78, 5) is 32.1. The predicted molar refractivity (Wildman–Crippen MR) is 179 cm³/mol. The number of hydrogen-bond donors (Lipinski definition) is 1. The molecule has 1 atom stereocenters. The summed E-state index contributed by atoms with van der Waals surface area (Å²) in [5.74, 6) is 1.49. The van der Waals surface area contributed by atoms with Gasteiger partial charge in [-0.25, -0.2) is 14.5 Å². The van der Waals surface area contributed by atoms with Crippen LogP contribution in [0.4, 0.5) is 5.69 Å². The van der Waals surface area contributed by atoms with Gasteiger partial charge in [0.15, 0.2) is 5.82 Å². The van der Waals surface area contributed by atoms with Crippen molar-refractivity contribution in [2.45, 2.75) is 77.7 Å². The molecule has 1 saturated heterocycles. The van der Waals surface area contributed by atoms with Gasteiger partial charge < -0.3 is 15.0 Å². The molecule has 3 heterocycles. The van der Waals surface area contributed by atoms with Crippen molar-refractivity contribution in [2.24, 2.45) is 5.92 Å². The molecule has 8 heteroatoms. The monoisotopic (exact) mass is 617 g/mol. The number of fused-ring (bicyclic) bond motifs is 1. The zero-order chi connectivity index (χ0) is 31.8. The summed E-state index contributed by atoms with van der Waals surface area (Å²) >= 11 is 0. The summed E-state index contributed by atoms with van der Waals surface area (Å²) in [6, 6.07) is 19.6. The molecule has 3 aliphatic rings. The van der Waals surface area contributed by atoms with Crippen LogP contribution >= 0.6 is 0 Å². The SMILES string of the molecule is CCOC(=O)c1cnn(-c2cccc(-c3cccc4c3C(Nc3ccc(C5CCN(C(=O)C6CC6)CC5)c(CC)c3)CC4)n2)c1C. The van der Waals surface area contributed by atoms with E-state index in [4.69, 9.17) is 9.72 Å². The van der Waals surface area contributed by atoms with Crippen molar-refractivity contribution in [3.63, 3.8) is 0 Å². The van der Waals surface area contributed by atoms with E-state index < -0.39 is 0 Å². The van der Waals surface area contributed by atoms with Crippen molar-refractivity contribution in [2.75, 3.05) is 25.0 Å². The number of carbonyl (C=O) groups is 2. The Hall–Kier alpha value is -4.46. The number of nitrogens with one attached hydrogen (secondary N) is 1. The third-order valence-electron chi connectivity index (χ3n) is 10.0. The first-order valence-corrected chi connectivity index (χ1v) is 16.9. The lowest BCUT2D eigenvalue weighted by molar-refractivity contribution is -0.133. The summed E-state index contributed by atoms with van der Waals surface area (Å²) in [6.07, 6.45) is 8.82. The normalized spacial score (nSPS) is 18.0. The van der Waals surface area contributed by atoms with Gasteiger partial charge in [0.2, 0.25) is 5.91 Å². The maximum absolute atomic E-state index is 12.6. The molecule has 2 fully saturated rings. The molecule has 238 valence electrons. The molecular formula is C38H43N5O3. The molecule has 2 aromatic carbocycles. The molecule has 0 bridgehead atoms. The molecule has 1 unspecified atom stereocenters. The first kappa shape index (κ1) is 30.2. The third-order valence-corrected chi connectivity index (χ3v) is 10.0. The number of rotatable bonds is 9. The van der Waals surface area contributed by atoms with Gasteiger partial charge in [0.1, 0.15) is 5.56 Å². The Labute approximate surface area is 271 Å². The Bertz CT molecular complexity index is 1770. The molecule has 2 aliphatic carbocycles. The predicted octanol–water partition coefficient (Wildman–Crippen LogP) is 7.20. The number of benzene rings is 2. The van der Waals surface area contributed by atoms with Gasteiger partial charge in [0.05, 0.1) is 30.2 Å². The molecule has 0 radical (unpaired) electrons. The standard InChI is InChI=1S/C38H43N5O3/c1-4-25-22-29(15-16-30(25)26-18-20-42(21-19-26)37(44)28-12-13-28)40-34-17-14-27-8-6-9-31(36(27)34)33-10-7-11-35(41-33)43-24(3)32(23-39-43)38(45)46-5-2/h6-11,15-16,22-23,26,28,34,40H,4-5,12-14,17-21H2,1-3H3. The molecule has 7 rings (SSSR count). The second kappa shape index (κ2) is 12.7. The van der Waals surface area contributed by atoms with E-state index in [1.54, 1.807) is 17.8 Å². The van der Waals surface area contributed by atoms with E-state index in [9.17, 15) is 9.59 Å². The number of hydrogen-bond acceptors (Lipinski definition) is 6. The number of anilines is 1. The van der Waals surface area contributed by atoms with Gasteiger partial charge in [-0.1, -0.05) is 37.3 Å². The maximum Gasteiger partial charge on any atom is 0.341 e. The number of carbonyl (C=O) groups excluding carboxylic acids is 2. The van der Waals surface area contributed by atoms with E-state index in [-0.39, 0.29) is 12.0 Å². The van der Waals surface area contributed by atoms with Crippen LogP contribution in [-0.4, -0.2) is 51.2 Å². The highest BCUT2D eigenvalue weighted by Crippen LogP contribution is 2.41. The van der Waals surface area contributed by atoms with Crippen LogP contribution in [0.5, 0.6) is 0 Å². The van der Waals surface area contributed by atoms with E-state index in [0.29, 0.717) is 41.4 Å². The van der Waals surface area contributed by atoms with Gasteiger partial charge in [0, 0.05) is 30.3 Å². The van der Waals surface area contributed by atoms with E-state index in [0.717, 1.165) is 75.0 Å². The van der Waals surface area contributed by atoms with Gasteiger partial charge in [0.25, 0.3) is 0 Å². The Balaban J connectivity index is 1.11. The summed E-state index contributed by atoms with van der Waals surface area (Å²) in [6.45, 7) is 7.99. The largest absolute Gasteiger partial charge is 0.462 e. The summed E-state index contributed by atoms with van der Waals surface area (Å²) in [5, 5.41) is 8.36. The van der Waals surface area contributed by atoms with Crippen LogP contribution in [0.3, 0.4) is 0 Å². The van der Waals surface area contributed by atoms with E-state index in [1.807, 2.05) is 25.1 Å². The zero-order valence-corrected chi connectivity index (χ0v) is 27.1. The second-order valence-electron chi connectivity index (χ2n) is 12.9. The van der Waals surface area contributed by atoms with Crippen LogP contribution < -0.4 is 5.32 Å². The minimum atomic E-state index is -0.373. The van der Waals surface area contributed by atoms with Gasteiger partial charge in [-0.15, -0.1) is 0 Å². The molecule has 1 amide bonds. The topological polar surface area (TPSA) is 89.4 Å². The molecule has 1 aliphatic heterocycles. The number of aryl methyl sites for hydroxylation is 2. The van der Waals surface area contributed by atoms with Crippen molar-refractivity contribution in [1.29, 1.82) is 0 Å². The molecule has 1 N–H and O–H groups in total. The lowest BCUT2D eigenvalue weighted by atomic mass is 9.85. The summed E-state index contributed by atoms with van der Waals surface area (Å²) in [5.41, 5.74) is 9.79. The molecule has 0 spiro atoms. The maximum atomic E-state index is 12.6. The highest BCUT2D eigenvalue weighted by molar-refractivity contribution is 5.90. The van der Waals surface area contributed by atoms with Crippen LogP contribution in [0.1, 0.15) is 96.2 Å². The molecule has 2 aromatic heterocycles. The van der Waals surface area contributed by atoms with Crippen molar-refractivity contribution in [3.05, 3.63) is 94.3 Å². The number of esters is 1. The Morgan fingerprint density at radius 2 is 1.78 bits per heavy atom. The molecule has 1 saturated carbocycles. The van der Waals surface area contributed by atoms with Crippen molar-refractivity contribution in [1.82, 2.24) is 19.7 Å². The Kier molecular flexibility index (Phi) is 8.36. The van der Waals surface area contributed by atoms with Gasteiger partial charge in [-0.05, 0) is 111 Å². The summed E-state index contributed by atoms with van der Waals surface area (Å²) in [7, 11) is 0. The average molecular weight is 618 g/mol. The van der Waals surface area contributed by atoms with Gasteiger partial charge in [-0.3, -0.25) is 4.79 Å². The van der Waals surface area contributed by atoms with Gasteiger partial charge in [-0.2, -0.15) is 5.10 Å². The number of aromatic nitrogens is 3. The highest BCUT2D eigenvalue weighted by atomic mass is 16.5. The number of pyridine rings is 1. The number of nitrogens with zero attached hydrogens (tertiary/aromatic N) is 4. The minimum absolute atomic E-state index is 0.172. The number of piperidine rings is 1. The second-order valence-corrected chi connectivity index (χ2v) is 12.9. The lowest BCUT2D eigenvalue weighted by Gasteiger charge is -2.33. The third kappa shape index (κ3) is 5.81. The van der Waals surface area contributed by atoms with Crippen LogP contribution in [0.25, 0.3) is 17.1 Å². The van der Waals surface area contributed by atoms with Crippen LogP contribution in [0.2, 0.25) is 0 Å². The Morgan fingerprint density at radius 1 is 0.978 bits per heavy atom. The fourth-order valence-electron chi connectivity index (χ4n) is 7.40. The van der Waals surface area contributed by atoms with Crippen LogP contribution in [-0.2, 0) is 22.4 Å². The first-order chi connectivity index (χ1) is 22.4. The average Bonchev–Trinajstić information content (AvgIpc) is 3.75. The van der Waals surface area contributed by atoms with E-state index >= 15 is 0 Å². The Morgan fingerprint density at radius 3 is 2.54 bits per heavy atom. The van der Waals surface area contributed by atoms with E-state index in [1.165, 1.54) is 22.3 Å². The first-order valence-electron chi connectivity index (χ1n) is 16.9. The molecular weight excluding hydrogens is 574 g/mol. The molecule has 46 heavy (non-hydrogen) atoms. The molecule has 4 aromatic rings. The smallest absolute Gasteiger partial charge is 0.341 e. The molecule has 8 nitrogen and oxygen atoms in total. The van der Waals surface area contributed by atoms with Crippen LogP contribution in [0.15, 0.2) is 60.8 Å². The number of amides is 1. The van der Waals surface area contributed by atoms with Crippen molar-refractivity contribution < 1.29 is 14.3 Å². The number of ether oxygens (including phenoxy) is 1. The quantitative estimate of drug-likeness (QED) is 0.200. The lowest BCUT2D eigenvalue weighted by Crippen LogP contribution is -2.38. The highest BCUT2D eigenvalue weighted by Gasteiger charge is 2.35. The summed E-state index contributed by atoms with van der Waals surface area (Å²) < 4.78 is 6.91. The minimum Gasteiger partial charge on any atom is -0.462 e. The fourth-order valence-corrected chi connectivity index (χ4v) is 7.40. The zero-order valence-electron chi connectivity index (χ0n) is 27.1. The van der Waals surface area contributed by atoms with Crippen LogP contribution in [0, 0.1) is 12.8 Å². The fraction of sp³-hybridized carbons (Fsp3) is 0.421. The van der Waals surface area contributed by atoms with Crippen molar-refractivity contribution >= 4 is 17.6 Å². The van der Waals surface area contributed by atoms with Gasteiger partial charge >= 0.3 is 5.97 Å². The van der Waals surface area contributed by atoms with E-state index in [2.05, 4.69) is 58.6 Å². The van der Waals surface area contributed by atoms with Crippen molar-refractivity contribution in [3.8, 4) is 17.1 Å². The number of likely N-dealkylation sites (tertiary alicyclic amines) is 1.